The van der Waals surface area contributed by atoms with Crippen LogP contribution in [-0.2, 0) is 4.74 Å². The predicted octanol–water partition coefficient (Wildman–Crippen LogP) is 0.818. The number of methoxy groups -OCH3 is 1. The quantitative estimate of drug-likeness (QED) is 0.799. The van der Waals surface area contributed by atoms with Crippen molar-refractivity contribution in [2.45, 2.75) is 26.3 Å². The summed E-state index contributed by atoms with van der Waals surface area (Å²) in [6, 6.07) is 2.63. The van der Waals surface area contributed by atoms with E-state index in [0.29, 0.717) is 0 Å². The Labute approximate surface area is 120 Å². The number of nitrogens with one attached hydrogen (secondary N) is 2. The fourth-order valence-electron chi connectivity index (χ4n) is 1.96. The Morgan fingerprint density at radius 1 is 1.29 bits per heavy atom. The number of hydrogen-bond donors (Lipinski definition) is 2. The fraction of sp³-hybridized carbons (Fsp3) is 0.357. The van der Waals surface area contributed by atoms with Crippen LogP contribution in [0.1, 0.15) is 31.1 Å². The number of aromatic nitrogens is 2. The van der Waals surface area contributed by atoms with Crippen molar-refractivity contribution >= 4 is 16.9 Å². The zero-order valence-electron chi connectivity index (χ0n) is 12.3. The number of pyridine rings is 2. The SMILES string of the molecule is COC(=O)c1cn(NC(C)(C)C)c(=O)c2ccc(=O)[nH]c12. The third kappa shape index (κ3) is 2.96. The number of ether oxygens (including phenoxy) is 1. The van der Waals surface area contributed by atoms with E-state index in [9.17, 15) is 14.4 Å². The van der Waals surface area contributed by atoms with Crippen LogP contribution < -0.4 is 16.5 Å². The van der Waals surface area contributed by atoms with Crippen molar-refractivity contribution in [3.05, 3.63) is 44.6 Å². The predicted molar refractivity (Wildman–Crippen MR) is 79.3 cm³/mol. The number of esters is 1. The molecule has 2 aromatic rings. The van der Waals surface area contributed by atoms with E-state index in [1.165, 1.54) is 30.1 Å². The van der Waals surface area contributed by atoms with Crippen LogP contribution >= 0.6 is 0 Å². The average Bonchev–Trinajstić information content (AvgIpc) is 2.39. The van der Waals surface area contributed by atoms with Crippen LogP contribution in [0.25, 0.3) is 10.9 Å². The van der Waals surface area contributed by atoms with Gasteiger partial charge in [-0.3, -0.25) is 9.59 Å². The summed E-state index contributed by atoms with van der Waals surface area (Å²) in [5.41, 5.74) is 2.13. The molecular formula is C14H17N3O4. The number of fused-ring (bicyclic) bond motifs is 1. The molecule has 21 heavy (non-hydrogen) atoms. The Morgan fingerprint density at radius 3 is 2.52 bits per heavy atom. The van der Waals surface area contributed by atoms with Crippen molar-refractivity contribution in [2.75, 3.05) is 12.5 Å². The Morgan fingerprint density at radius 2 is 1.95 bits per heavy atom. The van der Waals surface area contributed by atoms with Crippen LogP contribution in [0, 0.1) is 0 Å². The highest BCUT2D eigenvalue weighted by atomic mass is 16.5. The van der Waals surface area contributed by atoms with Gasteiger partial charge in [0.2, 0.25) is 5.56 Å². The van der Waals surface area contributed by atoms with Gasteiger partial charge in [-0.2, -0.15) is 0 Å². The number of carbonyl (C=O) groups excluding carboxylic acids is 1. The summed E-state index contributed by atoms with van der Waals surface area (Å²) in [5, 5.41) is 0.231. The van der Waals surface area contributed by atoms with Gasteiger partial charge in [-0.25, -0.2) is 9.47 Å². The second-order valence-electron chi connectivity index (χ2n) is 5.68. The van der Waals surface area contributed by atoms with Crippen molar-refractivity contribution in [2.24, 2.45) is 0 Å². The average molecular weight is 291 g/mol. The molecule has 0 aliphatic rings. The molecule has 0 fully saturated rings. The third-order valence-corrected chi connectivity index (χ3v) is 2.76. The molecule has 0 saturated carbocycles. The van der Waals surface area contributed by atoms with E-state index in [-0.39, 0.29) is 27.6 Å². The number of rotatable bonds is 2. The molecule has 0 bridgehead atoms. The van der Waals surface area contributed by atoms with Gasteiger partial charge in [0.15, 0.2) is 0 Å². The Bertz CT molecular complexity index is 812. The number of aromatic amines is 1. The van der Waals surface area contributed by atoms with Crippen LogP contribution in [-0.4, -0.2) is 28.3 Å². The van der Waals surface area contributed by atoms with Crippen LogP contribution in [0.2, 0.25) is 0 Å². The molecule has 2 N–H and O–H groups in total. The molecule has 0 unspecified atom stereocenters. The van der Waals surface area contributed by atoms with Gasteiger partial charge in [0.05, 0.1) is 18.0 Å². The summed E-state index contributed by atoms with van der Waals surface area (Å²) in [5.74, 6) is -0.633. The molecule has 0 saturated heterocycles. The molecule has 0 radical (unpaired) electrons. The van der Waals surface area contributed by atoms with Crippen molar-refractivity contribution in [3.8, 4) is 0 Å². The summed E-state index contributed by atoms with van der Waals surface area (Å²) in [6.45, 7) is 5.65. The monoisotopic (exact) mass is 291 g/mol. The van der Waals surface area contributed by atoms with Crippen molar-refractivity contribution < 1.29 is 9.53 Å². The van der Waals surface area contributed by atoms with Gasteiger partial charge < -0.3 is 15.1 Å². The van der Waals surface area contributed by atoms with E-state index in [1.54, 1.807) is 0 Å². The van der Waals surface area contributed by atoms with Crippen molar-refractivity contribution in [1.29, 1.82) is 0 Å². The second-order valence-corrected chi connectivity index (χ2v) is 5.68. The normalized spacial score (nSPS) is 11.4. The Kier molecular flexibility index (Phi) is 3.59. The summed E-state index contributed by atoms with van der Waals surface area (Å²) in [6.07, 6.45) is 1.33. The smallest absolute Gasteiger partial charge is 0.341 e. The molecule has 0 atom stereocenters. The molecule has 112 valence electrons. The molecule has 2 heterocycles. The zero-order chi connectivity index (χ0) is 15.8. The molecule has 0 aliphatic heterocycles. The lowest BCUT2D eigenvalue weighted by molar-refractivity contribution is 0.0602. The number of nitrogens with zero attached hydrogens (tertiary/aromatic N) is 1. The van der Waals surface area contributed by atoms with Crippen LogP contribution in [0.5, 0.6) is 0 Å². The first-order chi connectivity index (χ1) is 9.73. The minimum atomic E-state index is -0.633. The summed E-state index contributed by atoms with van der Waals surface area (Å²) in [7, 11) is 1.24. The van der Waals surface area contributed by atoms with Crippen LogP contribution in [0.4, 0.5) is 0 Å². The van der Waals surface area contributed by atoms with Gasteiger partial charge in [-0.1, -0.05) is 0 Å². The minimum Gasteiger partial charge on any atom is -0.465 e. The maximum absolute atomic E-state index is 12.4. The molecule has 2 aromatic heterocycles. The lowest BCUT2D eigenvalue weighted by atomic mass is 10.1. The van der Waals surface area contributed by atoms with Crippen LogP contribution in [0.15, 0.2) is 27.9 Å². The van der Waals surface area contributed by atoms with Gasteiger partial charge in [-0.05, 0) is 26.8 Å². The maximum Gasteiger partial charge on any atom is 0.341 e. The lowest BCUT2D eigenvalue weighted by Crippen LogP contribution is -2.40. The molecule has 7 heteroatoms. The molecule has 0 spiro atoms. The third-order valence-electron chi connectivity index (χ3n) is 2.76. The van der Waals surface area contributed by atoms with E-state index >= 15 is 0 Å². The summed E-state index contributed by atoms with van der Waals surface area (Å²) < 4.78 is 5.93. The highest BCUT2D eigenvalue weighted by Gasteiger charge is 2.18. The highest BCUT2D eigenvalue weighted by molar-refractivity contribution is 6.01. The van der Waals surface area contributed by atoms with E-state index in [2.05, 4.69) is 10.4 Å². The number of hydrogen-bond acceptors (Lipinski definition) is 5. The highest BCUT2D eigenvalue weighted by Crippen LogP contribution is 2.13. The standard InChI is InChI=1S/C14H17N3O4/c1-14(2,3)16-17-7-9(13(20)21-4)11-8(12(17)19)5-6-10(18)15-11/h5-7,16H,1-4H3,(H,15,18). The van der Waals surface area contributed by atoms with E-state index in [1.807, 2.05) is 20.8 Å². The first-order valence-electron chi connectivity index (χ1n) is 6.38. The van der Waals surface area contributed by atoms with Crippen LogP contribution in [0.3, 0.4) is 0 Å². The second kappa shape index (κ2) is 5.08. The van der Waals surface area contributed by atoms with E-state index < -0.39 is 11.5 Å². The summed E-state index contributed by atoms with van der Waals surface area (Å²) in [4.78, 5) is 38.2. The fourth-order valence-corrected chi connectivity index (χ4v) is 1.96. The van der Waals surface area contributed by atoms with Crippen molar-refractivity contribution in [3.63, 3.8) is 0 Å². The molecular weight excluding hydrogens is 274 g/mol. The molecule has 2 rings (SSSR count). The van der Waals surface area contributed by atoms with Gasteiger partial charge in [0.1, 0.15) is 5.56 Å². The van der Waals surface area contributed by atoms with E-state index in [0.717, 1.165) is 0 Å². The van der Waals surface area contributed by atoms with E-state index in [4.69, 9.17) is 4.74 Å². The van der Waals surface area contributed by atoms with Crippen molar-refractivity contribution in [1.82, 2.24) is 9.66 Å². The number of H-pyrrole nitrogens is 1. The van der Waals surface area contributed by atoms with Gasteiger partial charge in [0.25, 0.3) is 5.56 Å². The Hall–Kier alpha value is -2.57. The Balaban J connectivity index is 2.82. The molecule has 0 aromatic carbocycles. The first kappa shape index (κ1) is 14.8. The molecule has 0 aliphatic carbocycles. The topological polar surface area (TPSA) is 93.2 Å². The molecule has 0 amide bonds. The lowest BCUT2D eigenvalue weighted by Gasteiger charge is -2.24. The largest absolute Gasteiger partial charge is 0.465 e. The molecule has 7 nitrogen and oxygen atoms in total. The van der Waals surface area contributed by atoms with Gasteiger partial charge in [0, 0.05) is 17.8 Å². The van der Waals surface area contributed by atoms with Gasteiger partial charge in [-0.15, -0.1) is 0 Å². The zero-order valence-corrected chi connectivity index (χ0v) is 12.3. The van der Waals surface area contributed by atoms with Gasteiger partial charge >= 0.3 is 5.97 Å². The minimum absolute atomic E-state index is 0.113. The number of carbonyl (C=O) groups is 1. The first-order valence-corrected chi connectivity index (χ1v) is 6.38. The summed E-state index contributed by atoms with van der Waals surface area (Å²) >= 11 is 0. The maximum atomic E-state index is 12.4.